The largest absolute Gasteiger partial charge is 0.502 e. The van der Waals surface area contributed by atoms with Gasteiger partial charge in [0.2, 0.25) is 5.75 Å². The molecule has 0 aliphatic heterocycles. The van der Waals surface area contributed by atoms with Crippen LogP contribution in [0.15, 0.2) is 29.6 Å². The third-order valence-corrected chi connectivity index (χ3v) is 4.18. The Hall–Kier alpha value is -1.72. The second kappa shape index (κ2) is 6.63. The molecule has 0 spiro atoms. The van der Waals surface area contributed by atoms with Gasteiger partial charge in [-0.15, -0.1) is 11.3 Å². The molecule has 5 heteroatoms. The highest BCUT2D eigenvalue weighted by molar-refractivity contribution is 7.10. The van der Waals surface area contributed by atoms with Crippen LogP contribution < -0.4 is 14.8 Å². The minimum absolute atomic E-state index is 0.0325. The van der Waals surface area contributed by atoms with Crippen molar-refractivity contribution in [3.63, 3.8) is 0 Å². The highest BCUT2D eigenvalue weighted by Gasteiger charge is 2.12. The van der Waals surface area contributed by atoms with Crippen LogP contribution in [0.2, 0.25) is 0 Å². The van der Waals surface area contributed by atoms with E-state index in [2.05, 4.69) is 23.7 Å². The molecule has 0 amide bonds. The Morgan fingerprint density at radius 1 is 1.25 bits per heavy atom. The van der Waals surface area contributed by atoms with Gasteiger partial charge in [0, 0.05) is 17.5 Å². The standard InChI is InChI=1S/C15H19NO3S/c1-10(14-5-4-6-20-14)16-9-11-7-12(18-2)15(17)13(8-11)19-3/h4-8,10,16-17H,9H2,1-3H3/t10-/m1/s1. The Labute approximate surface area is 123 Å². The number of phenols is 1. The van der Waals surface area contributed by atoms with Crippen LogP contribution >= 0.6 is 11.3 Å². The van der Waals surface area contributed by atoms with E-state index in [0.717, 1.165) is 5.56 Å². The van der Waals surface area contributed by atoms with E-state index in [1.165, 1.54) is 19.1 Å². The summed E-state index contributed by atoms with van der Waals surface area (Å²) < 4.78 is 10.3. The summed E-state index contributed by atoms with van der Waals surface area (Å²) in [5, 5.41) is 15.4. The molecule has 0 aliphatic rings. The fourth-order valence-corrected chi connectivity index (χ4v) is 2.72. The lowest BCUT2D eigenvalue weighted by Crippen LogP contribution is -2.17. The van der Waals surface area contributed by atoms with Crippen LogP contribution in [0.1, 0.15) is 23.4 Å². The Balaban J connectivity index is 2.09. The molecule has 1 aromatic carbocycles. The molecule has 0 saturated heterocycles. The molecular weight excluding hydrogens is 274 g/mol. The van der Waals surface area contributed by atoms with Crippen LogP contribution in [-0.2, 0) is 6.54 Å². The minimum Gasteiger partial charge on any atom is -0.502 e. The molecule has 108 valence electrons. The second-order valence-corrected chi connectivity index (χ2v) is 5.45. The molecule has 0 radical (unpaired) electrons. The van der Waals surface area contributed by atoms with Crippen molar-refractivity contribution < 1.29 is 14.6 Å². The fraction of sp³-hybridized carbons (Fsp3) is 0.333. The zero-order valence-electron chi connectivity index (χ0n) is 11.8. The first kappa shape index (κ1) is 14.7. The summed E-state index contributed by atoms with van der Waals surface area (Å²) in [6, 6.07) is 8.06. The molecule has 1 aromatic heterocycles. The van der Waals surface area contributed by atoms with Crippen molar-refractivity contribution in [1.82, 2.24) is 5.32 Å². The zero-order valence-corrected chi connectivity index (χ0v) is 12.7. The van der Waals surface area contributed by atoms with E-state index in [1.54, 1.807) is 11.3 Å². The van der Waals surface area contributed by atoms with Gasteiger partial charge in [-0.05, 0) is 36.1 Å². The van der Waals surface area contributed by atoms with Gasteiger partial charge in [-0.2, -0.15) is 0 Å². The number of hydrogen-bond acceptors (Lipinski definition) is 5. The van der Waals surface area contributed by atoms with Gasteiger partial charge >= 0.3 is 0 Å². The maximum atomic E-state index is 9.87. The summed E-state index contributed by atoms with van der Waals surface area (Å²) in [7, 11) is 3.06. The number of methoxy groups -OCH3 is 2. The number of aromatic hydroxyl groups is 1. The van der Waals surface area contributed by atoms with Crippen LogP contribution in [0.3, 0.4) is 0 Å². The SMILES string of the molecule is COc1cc(CN[C@H](C)c2cccs2)cc(OC)c1O. The highest BCUT2D eigenvalue weighted by Crippen LogP contribution is 2.37. The van der Waals surface area contributed by atoms with E-state index in [0.29, 0.717) is 18.0 Å². The molecule has 2 rings (SSSR count). The van der Waals surface area contributed by atoms with E-state index in [9.17, 15) is 5.11 Å². The molecular formula is C15H19NO3S. The Bertz CT molecular complexity index is 529. The number of phenolic OH excluding ortho intramolecular Hbond substituents is 1. The predicted molar refractivity (Wildman–Crippen MR) is 80.8 cm³/mol. The highest BCUT2D eigenvalue weighted by atomic mass is 32.1. The molecule has 1 atom stereocenters. The van der Waals surface area contributed by atoms with Crippen molar-refractivity contribution in [2.75, 3.05) is 14.2 Å². The van der Waals surface area contributed by atoms with E-state index in [4.69, 9.17) is 9.47 Å². The monoisotopic (exact) mass is 293 g/mol. The lowest BCUT2D eigenvalue weighted by Gasteiger charge is -2.14. The van der Waals surface area contributed by atoms with Crippen LogP contribution in [0.4, 0.5) is 0 Å². The first-order valence-corrected chi connectivity index (χ1v) is 7.24. The Kier molecular flexibility index (Phi) is 4.87. The van der Waals surface area contributed by atoms with E-state index < -0.39 is 0 Å². The summed E-state index contributed by atoms with van der Waals surface area (Å²) in [4.78, 5) is 1.29. The number of rotatable bonds is 6. The molecule has 4 nitrogen and oxygen atoms in total. The van der Waals surface area contributed by atoms with Crippen LogP contribution in [0, 0.1) is 0 Å². The van der Waals surface area contributed by atoms with Gasteiger partial charge < -0.3 is 19.9 Å². The van der Waals surface area contributed by atoms with E-state index in [1.807, 2.05) is 18.2 Å². The lowest BCUT2D eigenvalue weighted by molar-refractivity contribution is 0.339. The smallest absolute Gasteiger partial charge is 0.200 e. The fourth-order valence-electron chi connectivity index (χ4n) is 1.96. The third kappa shape index (κ3) is 3.23. The number of nitrogens with one attached hydrogen (secondary N) is 1. The van der Waals surface area contributed by atoms with Crippen molar-refractivity contribution >= 4 is 11.3 Å². The minimum atomic E-state index is 0.0325. The van der Waals surface area contributed by atoms with Gasteiger partial charge in [0.1, 0.15) is 0 Å². The summed E-state index contributed by atoms with van der Waals surface area (Å²) in [5.74, 6) is 0.875. The van der Waals surface area contributed by atoms with Gasteiger partial charge in [0.05, 0.1) is 14.2 Å². The third-order valence-electron chi connectivity index (χ3n) is 3.12. The van der Waals surface area contributed by atoms with Crippen molar-refractivity contribution in [1.29, 1.82) is 0 Å². The molecule has 2 N–H and O–H groups in total. The van der Waals surface area contributed by atoms with Gasteiger partial charge in [-0.3, -0.25) is 0 Å². The summed E-state index contributed by atoms with van der Waals surface area (Å²) >= 11 is 1.73. The summed E-state index contributed by atoms with van der Waals surface area (Å²) in [6.07, 6.45) is 0. The molecule has 2 aromatic rings. The second-order valence-electron chi connectivity index (χ2n) is 4.47. The van der Waals surface area contributed by atoms with Crippen molar-refractivity contribution in [2.24, 2.45) is 0 Å². The number of ether oxygens (including phenoxy) is 2. The normalized spacial score (nSPS) is 12.2. The summed E-state index contributed by atoms with van der Waals surface area (Å²) in [5.41, 5.74) is 1.000. The lowest BCUT2D eigenvalue weighted by atomic mass is 10.1. The summed E-state index contributed by atoms with van der Waals surface area (Å²) in [6.45, 7) is 2.80. The van der Waals surface area contributed by atoms with Gasteiger partial charge in [-0.1, -0.05) is 6.07 Å². The van der Waals surface area contributed by atoms with Crippen molar-refractivity contribution in [2.45, 2.75) is 19.5 Å². The van der Waals surface area contributed by atoms with Gasteiger partial charge in [-0.25, -0.2) is 0 Å². The van der Waals surface area contributed by atoms with Gasteiger partial charge in [0.15, 0.2) is 11.5 Å². The molecule has 0 unspecified atom stereocenters. The average molecular weight is 293 g/mol. The molecule has 0 saturated carbocycles. The molecule has 0 bridgehead atoms. The Morgan fingerprint density at radius 2 is 1.90 bits per heavy atom. The number of benzene rings is 1. The maximum Gasteiger partial charge on any atom is 0.200 e. The quantitative estimate of drug-likeness (QED) is 0.858. The van der Waals surface area contributed by atoms with Crippen LogP contribution in [0.5, 0.6) is 17.2 Å². The maximum absolute atomic E-state index is 9.87. The predicted octanol–water partition coefficient (Wildman–Crippen LogP) is 3.32. The molecule has 0 aliphatic carbocycles. The van der Waals surface area contributed by atoms with Crippen molar-refractivity contribution in [3.8, 4) is 17.2 Å². The van der Waals surface area contributed by atoms with Crippen LogP contribution in [-0.4, -0.2) is 19.3 Å². The Morgan fingerprint density at radius 3 is 2.40 bits per heavy atom. The molecule has 1 heterocycles. The van der Waals surface area contributed by atoms with Gasteiger partial charge in [0.25, 0.3) is 0 Å². The van der Waals surface area contributed by atoms with E-state index >= 15 is 0 Å². The topological polar surface area (TPSA) is 50.7 Å². The molecule has 0 fully saturated rings. The van der Waals surface area contributed by atoms with Crippen molar-refractivity contribution in [3.05, 3.63) is 40.1 Å². The number of hydrogen-bond donors (Lipinski definition) is 2. The molecule has 20 heavy (non-hydrogen) atoms. The number of thiophene rings is 1. The average Bonchev–Trinajstić information content (AvgIpc) is 3.00. The van der Waals surface area contributed by atoms with Crippen LogP contribution in [0.25, 0.3) is 0 Å². The zero-order chi connectivity index (χ0) is 14.5. The first-order chi connectivity index (χ1) is 9.65. The first-order valence-electron chi connectivity index (χ1n) is 6.36. The van der Waals surface area contributed by atoms with E-state index in [-0.39, 0.29) is 11.8 Å².